The SMILES string of the molecule is CSCCC(C)N(C)c1ncc(Br)cc1CNC1CC1. The van der Waals surface area contributed by atoms with Crippen LogP contribution in [0.5, 0.6) is 0 Å². The molecule has 2 rings (SSSR count). The minimum atomic E-state index is 0.510. The number of nitrogens with one attached hydrogen (secondary N) is 1. The molecule has 1 fully saturated rings. The molecule has 5 heteroatoms. The first kappa shape index (κ1) is 16.1. The Kier molecular flexibility index (Phi) is 6.18. The summed E-state index contributed by atoms with van der Waals surface area (Å²) in [5, 5.41) is 3.59. The van der Waals surface area contributed by atoms with E-state index < -0.39 is 0 Å². The van der Waals surface area contributed by atoms with Gasteiger partial charge in [-0.1, -0.05) is 0 Å². The zero-order valence-corrected chi connectivity index (χ0v) is 14.9. The minimum Gasteiger partial charge on any atom is -0.357 e. The van der Waals surface area contributed by atoms with Crippen molar-refractivity contribution < 1.29 is 0 Å². The summed E-state index contributed by atoms with van der Waals surface area (Å²) in [5.74, 6) is 2.30. The van der Waals surface area contributed by atoms with Crippen LogP contribution in [0.15, 0.2) is 16.7 Å². The molecule has 112 valence electrons. The number of hydrogen-bond donors (Lipinski definition) is 1. The molecule has 1 unspecified atom stereocenters. The predicted molar refractivity (Wildman–Crippen MR) is 92.7 cm³/mol. The van der Waals surface area contributed by atoms with E-state index in [0.29, 0.717) is 6.04 Å². The van der Waals surface area contributed by atoms with Gasteiger partial charge in [-0.25, -0.2) is 4.98 Å². The second-order valence-electron chi connectivity index (χ2n) is 5.53. The fourth-order valence-corrected chi connectivity index (χ4v) is 3.11. The van der Waals surface area contributed by atoms with Crippen LogP contribution in [0.25, 0.3) is 0 Å². The van der Waals surface area contributed by atoms with Crippen LogP contribution in [0.4, 0.5) is 5.82 Å². The van der Waals surface area contributed by atoms with E-state index >= 15 is 0 Å². The monoisotopic (exact) mass is 357 g/mol. The standard InChI is InChI=1S/C15H24BrN3S/c1-11(6-7-20-3)19(2)15-12(8-13(16)10-18-15)9-17-14-4-5-14/h8,10-11,14,17H,4-7,9H2,1-3H3. The molecule has 1 atom stereocenters. The Hall–Kier alpha value is -0.260. The van der Waals surface area contributed by atoms with Crippen LogP contribution in [-0.4, -0.2) is 36.1 Å². The molecule has 3 nitrogen and oxygen atoms in total. The van der Waals surface area contributed by atoms with Gasteiger partial charge in [0.05, 0.1) is 0 Å². The summed E-state index contributed by atoms with van der Waals surface area (Å²) < 4.78 is 1.05. The van der Waals surface area contributed by atoms with Crippen LogP contribution in [0.3, 0.4) is 0 Å². The first-order valence-corrected chi connectivity index (χ1v) is 9.40. The molecule has 0 radical (unpaired) electrons. The van der Waals surface area contributed by atoms with Gasteiger partial charge in [-0.2, -0.15) is 11.8 Å². The smallest absolute Gasteiger partial charge is 0.133 e. The summed E-state index contributed by atoms with van der Waals surface area (Å²) in [6.07, 6.45) is 7.88. The van der Waals surface area contributed by atoms with Gasteiger partial charge in [0.25, 0.3) is 0 Å². The highest BCUT2D eigenvalue weighted by Gasteiger charge is 2.22. The number of thioether (sulfide) groups is 1. The molecule has 1 aliphatic rings. The van der Waals surface area contributed by atoms with Gasteiger partial charge in [-0.15, -0.1) is 0 Å². The third-order valence-corrected chi connectivity index (χ3v) is 4.88. The maximum atomic E-state index is 4.64. The first-order chi connectivity index (χ1) is 9.61. The van der Waals surface area contributed by atoms with E-state index in [2.05, 4.69) is 57.4 Å². The fourth-order valence-electron chi connectivity index (χ4n) is 2.15. The summed E-state index contributed by atoms with van der Waals surface area (Å²) in [7, 11) is 2.15. The van der Waals surface area contributed by atoms with E-state index in [4.69, 9.17) is 0 Å². The van der Waals surface area contributed by atoms with Gasteiger partial charge in [-0.05, 0) is 60.2 Å². The topological polar surface area (TPSA) is 28.2 Å². The first-order valence-electron chi connectivity index (χ1n) is 7.21. The number of pyridine rings is 1. The maximum Gasteiger partial charge on any atom is 0.133 e. The molecule has 1 N–H and O–H groups in total. The molecule has 0 amide bonds. The zero-order chi connectivity index (χ0) is 14.5. The Morgan fingerprint density at radius 1 is 1.55 bits per heavy atom. The molecule has 0 bridgehead atoms. The highest BCUT2D eigenvalue weighted by atomic mass is 79.9. The van der Waals surface area contributed by atoms with Gasteiger partial charge in [0.2, 0.25) is 0 Å². The van der Waals surface area contributed by atoms with Crippen LogP contribution in [-0.2, 0) is 6.54 Å². The van der Waals surface area contributed by atoms with Crippen LogP contribution in [0.1, 0.15) is 31.7 Å². The van der Waals surface area contributed by atoms with Crippen LogP contribution in [0, 0.1) is 0 Å². The molecular formula is C15H24BrN3S. The van der Waals surface area contributed by atoms with Gasteiger partial charge in [-0.3, -0.25) is 0 Å². The molecule has 1 saturated carbocycles. The number of halogens is 1. The van der Waals surface area contributed by atoms with Crippen LogP contribution >= 0.6 is 27.7 Å². The normalized spacial score (nSPS) is 16.2. The van der Waals surface area contributed by atoms with Gasteiger partial charge in [0, 0.05) is 41.9 Å². The van der Waals surface area contributed by atoms with E-state index in [9.17, 15) is 0 Å². The Balaban J connectivity index is 2.07. The largest absolute Gasteiger partial charge is 0.357 e. The third kappa shape index (κ3) is 4.64. The molecule has 1 aromatic heterocycles. The molecule has 1 heterocycles. The lowest BCUT2D eigenvalue weighted by molar-refractivity contribution is 0.645. The Labute approximate surface area is 135 Å². The molecule has 0 aliphatic heterocycles. The fraction of sp³-hybridized carbons (Fsp3) is 0.667. The number of rotatable bonds is 8. The lowest BCUT2D eigenvalue weighted by Crippen LogP contribution is -2.31. The highest BCUT2D eigenvalue weighted by Crippen LogP contribution is 2.25. The average Bonchev–Trinajstić information content (AvgIpc) is 3.26. The molecule has 1 aromatic rings. The van der Waals surface area contributed by atoms with Gasteiger partial charge in [0.1, 0.15) is 5.82 Å². The Bertz CT molecular complexity index is 437. The van der Waals surface area contributed by atoms with E-state index in [1.165, 1.54) is 30.6 Å². The van der Waals surface area contributed by atoms with Crippen LogP contribution < -0.4 is 10.2 Å². The van der Waals surface area contributed by atoms with Gasteiger partial charge < -0.3 is 10.2 Å². The molecule has 0 aromatic carbocycles. The summed E-state index contributed by atoms with van der Waals surface area (Å²) in [6.45, 7) is 3.18. The lowest BCUT2D eigenvalue weighted by Gasteiger charge is -2.28. The third-order valence-electron chi connectivity index (χ3n) is 3.80. The molecule has 0 saturated heterocycles. The van der Waals surface area contributed by atoms with Crippen molar-refractivity contribution in [2.45, 2.75) is 44.8 Å². The number of nitrogens with zero attached hydrogens (tertiary/aromatic N) is 2. The van der Waals surface area contributed by atoms with Crippen molar-refractivity contribution in [3.05, 3.63) is 22.3 Å². The Morgan fingerprint density at radius 2 is 2.30 bits per heavy atom. The van der Waals surface area contributed by atoms with Crippen molar-refractivity contribution in [3.8, 4) is 0 Å². The molecule has 20 heavy (non-hydrogen) atoms. The van der Waals surface area contributed by atoms with E-state index in [0.717, 1.165) is 22.9 Å². The summed E-state index contributed by atoms with van der Waals surface area (Å²) in [5.41, 5.74) is 1.28. The second kappa shape index (κ2) is 7.66. The van der Waals surface area contributed by atoms with Crippen molar-refractivity contribution in [1.29, 1.82) is 0 Å². The zero-order valence-electron chi connectivity index (χ0n) is 12.5. The van der Waals surface area contributed by atoms with E-state index in [-0.39, 0.29) is 0 Å². The van der Waals surface area contributed by atoms with Crippen molar-refractivity contribution in [1.82, 2.24) is 10.3 Å². The van der Waals surface area contributed by atoms with Crippen molar-refractivity contribution in [2.75, 3.05) is 24.0 Å². The average molecular weight is 358 g/mol. The summed E-state index contributed by atoms with van der Waals surface area (Å²) >= 11 is 5.44. The lowest BCUT2D eigenvalue weighted by atomic mass is 10.2. The van der Waals surface area contributed by atoms with E-state index in [1.807, 2.05) is 18.0 Å². The van der Waals surface area contributed by atoms with E-state index in [1.54, 1.807) is 0 Å². The molecular weight excluding hydrogens is 334 g/mol. The van der Waals surface area contributed by atoms with Gasteiger partial charge >= 0.3 is 0 Å². The second-order valence-corrected chi connectivity index (χ2v) is 7.43. The minimum absolute atomic E-state index is 0.510. The quantitative estimate of drug-likeness (QED) is 0.768. The highest BCUT2D eigenvalue weighted by molar-refractivity contribution is 9.10. The Morgan fingerprint density at radius 3 is 2.95 bits per heavy atom. The van der Waals surface area contributed by atoms with Crippen LogP contribution in [0.2, 0.25) is 0 Å². The maximum absolute atomic E-state index is 4.64. The summed E-state index contributed by atoms with van der Waals surface area (Å²) in [4.78, 5) is 6.95. The predicted octanol–water partition coefficient (Wildman–Crippen LogP) is 3.67. The number of hydrogen-bond acceptors (Lipinski definition) is 4. The van der Waals surface area contributed by atoms with Gasteiger partial charge in [0.15, 0.2) is 0 Å². The van der Waals surface area contributed by atoms with Crippen molar-refractivity contribution in [2.24, 2.45) is 0 Å². The number of anilines is 1. The van der Waals surface area contributed by atoms with Crippen molar-refractivity contribution >= 4 is 33.5 Å². The summed E-state index contributed by atoms with van der Waals surface area (Å²) in [6, 6.07) is 3.42. The molecule has 0 spiro atoms. The van der Waals surface area contributed by atoms with Crippen molar-refractivity contribution in [3.63, 3.8) is 0 Å². The molecule has 1 aliphatic carbocycles. The number of aromatic nitrogens is 1.